The molecule has 22 nitrogen and oxygen atoms in total. The van der Waals surface area contributed by atoms with Crippen LogP contribution in [0, 0.1) is 10.1 Å². The van der Waals surface area contributed by atoms with Crippen molar-refractivity contribution in [1.82, 2.24) is 36.9 Å². The van der Waals surface area contributed by atoms with Crippen LogP contribution in [0.2, 0.25) is 0 Å². The Bertz CT molecular complexity index is 1920. The Morgan fingerprint density at radius 2 is 1.70 bits per heavy atom. The number of hydrazine groups is 1. The number of esters is 1. The summed E-state index contributed by atoms with van der Waals surface area (Å²) in [5.41, 5.74) is 7.56. The van der Waals surface area contributed by atoms with E-state index in [0.717, 1.165) is 4.90 Å². The average molecular weight is 883 g/mol. The fraction of sp³-hybridized carbons (Fsp3) is 0.512. The molecule has 1 aliphatic heterocycles. The number of carbonyl (C=O) groups is 7. The van der Waals surface area contributed by atoms with Crippen LogP contribution in [-0.4, -0.2) is 119 Å². The number of aliphatic imine (C=N–C) groups is 1. The topological polar surface area (TPSA) is 315 Å². The molecule has 22 heteroatoms. The normalized spacial score (nSPS) is 18.4. The van der Waals surface area contributed by atoms with E-state index in [-0.39, 0.29) is 64.0 Å². The van der Waals surface area contributed by atoms with E-state index >= 15 is 0 Å². The van der Waals surface area contributed by atoms with Gasteiger partial charge in [0.25, 0.3) is 5.96 Å². The molecule has 1 saturated heterocycles. The molecular formula is C41H58N10O12. The number of phenolic OH excluding ortho intramolecular Hbond substituents is 1. The maximum atomic E-state index is 14.1. The summed E-state index contributed by atoms with van der Waals surface area (Å²) in [5.74, 6) is -4.99. The van der Waals surface area contributed by atoms with Gasteiger partial charge in [0, 0.05) is 33.0 Å². The molecular weight excluding hydrogens is 825 g/mol. The van der Waals surface area contributed by atoms with Crippen LogP contribution in [0.1, 0.15) is 76.8 Å². The van der Waals surface area contributed by atoms with Gasteiger partial charge in [-0.3, -0.25) is 24.0 Å². The number of hydrogen-bond donors (Lipinski definition) is 8. The molecule has 1 heterocycles. The molecule has 0 aliphatic carbocycles. The summed E-state index contributed by atoms with van der Waals surface area (Å²) in [5, 5.41) is 32.9. The molecule has 63 heavy (non-hydrogen) atoms. The fourth-order valence-electron chi connectivity index (χ4n) is 6.09. The lowest BCUT2D eigenvalue weighted by molar-refractivity contribution is -0.525. The molecule has 1 aliphatic rings. The lowest BCUT2D eigenvalue weighted by Crippen LogP contribution is -2.58. The van der Waals surface area contributed by atoms with Crippen molar-refractivity contribution in [2.24, 2.45) is 10.7 Å². The first-order valence-electron chi connectivity index (χ1n) is 20.4. The highest BCUT2D eigenvalue weighted by molar-refractivity contribution is 5.96. The molecule has 0 spiro atoms. The number of likely N-dealkylation sites (N-methyl/N-ethyl adjacent to an activating group) is 1. The van der Waals surface area contributed by atoms with Crippen molar-refractivity contribution >= 4 is 47.6 Å². The zero-order valence-corrected chi connectivity index (χ0v) is 35.8. The quantitative estimate of drug-likeness (QED) is 0.0301. The van der Waals surface area contributed by atoms with Gasteiger partial charge < -0.3 is 51.8 Å². The lowest BCUT2D eigenvalue weighted by atomic mass is 10.0. The second-order valence-electron chi connectivity index (χ2n) is 15.8. The van der Waals surface area contributed by atoms with Gasteiger partial charge in [-0.15, -0.1) is 0 Å². The third-order valence-electron chi connectivity index (χ3n) is 9.24. The molecule has 1 fully saturated rings. The molecule has 4 atom stereocenters. The summed E-state index contributed by atoms with van der Waals surface area (Å²) in [7, 11) is 1.31. The highest BCUT2D eigenvalue weighted by Crippen LogP contribution is 2.15. The molecule has 9 N–H and O–H groups in total. The second-order valence-corrected chi connectivity index (χ2v) is 15.8. The van der Waals surface area contributed by atoms with Crippen LogP contribution in [0.15, 0.2) is 59.6 Å². The van der Waals surface area contributed by atoms with E-state index < -0.39 is 88.9 Å². The standard InChI is InChI=1S/C41H58N10O12/c1-41(2,3)63-38(58)31-13-8-9-21-43-33(53)20-19-30(36(56)48-32(37(57)47-31)23-26-15-17-28(52)18-16-26)46-35(55)29(14-10-22-44-39(42)49-51(60)61)45-34(54)24-50(4)40(59)62-25-27-11-6-5-7-12-27/h5-7,11-12,15-18,29-32,52H,8-10,13-14,19-25H2,1-4H3,(H,43,53)(H,45,54)(H,46,55)(H,47,57)(H,48,56)(H3,42,44,49)/t29-,30?,31?,32?/m0/s1. The number of nitrogens with two attached hydrogens (primary N) is 1. The molecule has 3 rings (SSSR count). The van der Waals surface area contributed by atoms with Crippen molar-refractivity contribution in [3.8, 4) is 5.75 Å². The third-order valence-corrected chi connectivity index (χ3v) is 9.24. The summed E-state index contributed by atoms with van der Waals surface area (Å²) in [6.07, 6.45) is -0.506. The Kier molecular flexibility index (Phi) is 20.0. The summed E-state index contributed by atoms with van der Waals surface area (Å²) in [6, 6.07) is 9.41. The monoisotopic (exact) mass is 882 g/mol. The fourth-order valence-corrected chi connectivity index (χ4v) is 6.09. The molecule has 344 valence electrons. The van der Waals surface area contributed by atoms with Gasteiger partial charge >= 0.3 is 12.1 Å². The number of carbonyl (C=O) groups excluding carboxylic acids is 7. The van der Waals surface area contributed by atoms with Crippen molar-refractivity contribution in [2.45, 2.75) is 109 Å². The molecule has 2 aromatic carbocycles. The van der Waals surface area contributed by atoms with Crippen LogP contribution in [0.25, 0.3) is 0 Å². The SMILES string of the molecule is CN(CC(=O)N[C@@H](CCCN=C(N)N[N+](=O)[O-])C(=O)NC1CCC(=O)NCCCCC(C(=O)OC(C)(C)C)NC(=O)C(Cc2ccc(O)cc2)NC1=O)C(=O)OCc1ccccc1. The van der Waals surface area contributed by atoms with Crippen molar-refractivity contribution in [1.29, 1.82) is 0 Å². The van der Waals surface area contributed by atoms with Crippen molar-refractivity contribution < 1.29 is 53.2 Å². The number of amides is 6. The zero-order valence-electron chi connectivity index (χ0n) is 35.8. The molecule has 0 saturated carbocycles. The maximum absolute atomic E-state index is 14.1. The summed E-state index contributed by atoms with van der Waals surface area (Å²) in [4.78, 5) is 110. The first kappa shape index (κ1) is 50.4. The predicted molar refractivity (Wildman–Crippen MR) is 227 cm³/mol. The first-order valence-corrected chi connectivity index (χ1v) is 20.4. The van der Waals surface area contributed by atoms with Crippen molar-refractivity contribution in [3.63, 3.8) is 0 Å². The van der Waals surface area contributed by atoms with E-state index in [9.17, 15) is 48.8 Å². The van der Waals surface area contributed by atoms with Gasteiger partial charge in [-0.2, -0.15) is 0 Å². The number of nitrogens with zero attached hydrogens (tertiary/aromatic N) is 3. The molecule has 2 aromatic rings. The number of nitro groups is 1. The minimum absolute atomic E-state index is 0.0415. The second kappa shape index (κ2) is 25.1. The number of guanidine groups is 1. The van der Waals surface area contributed by atoms with Crippen molar-refractivity contribution in [3.05, 3.63) is 75.8 Å². The number of nitrogens with one attached hydrogen (secondary N) is 6. The number of hydrogen-bond acceptors (Lipinski definition) is 13. The van der Waals surface area contributed by atoms with E-state index in [4.69, 9.17) is 15.2 Å². The van der Waals surface area contributed by atoms with Gasteiger partial charge in [-0.05, 0) is 82.6 Å². The predicted octanol–water partition coefficient (Wildman–Crippen LogP) is 0.441. The minimum Gasteiger partial charge on any atom is -0.508 e. The smallest absolute Gasteiger partial charge is 0.410 e. The van der Waals surface area contributed by atoms with Crippen LogP contribution in [0.4, 0.5) is 4.79 Å². The Balaban J connectivity index is 1.88. The third kappa shape index (κ3) is 19.5. The van der Waals surface area contributed by atoms with E-state index in [1.807, 2.05) is 0 Å². The van der Waals surface area contributed by atoms with Gasteiger partial charge in [-0.1, -0.05) is 47.9 Å². The number of benzene rings is 2. The van der Waals surface area contributed by atoms with Gasteiger partial charge in [-0.25, -0.2) is 24.7 Å². The molecule has 3 unspecified atom stereocenters. The molecule has 0 radical (unpaired) electrons. The van der Waals surface area contributed by atoms with E-state index in [1.54, 1.807) is 56.5 Å². The van der Waals surface area contributed by atoms with E-state index in [1.165, 1.54) is 31.3 Å². The Morgan fingerprint density at radius 3 is 2.37 bits per heavy atom. The van der Waals surface area contributed by atoms with E-state index in [2.05, 4.69) is 31.6 Å². The molecule has 0 bridgehead atoms. The number of rotatable bonds is 15. The Hall–Kier alpha value is -7.00. The summed E-state index contributed by atoms with van der Waals surface area (Å²) in [6.45, 7) is 4.52. The van der Waals surface area contributed by atoms with Gasteiger partial charge in [0.05, 0.1) is 0 Å². The zero-order chi connectivity index (χ0) is 46.5. The van der Waals surface area contributed by atoms with Gasteiger partial charge in [0.15, 0.2) is 5.03 Å². The molecule has 0 aromatic heterocycles. The highest BCUT2D eigenvalue weighted by Gasteiger charge is 2.33. The van der Waals surface area contributed by atoms with Gasteiger partial charge in [0.1, 0.15) is 48.7 Å². The van der Waals surface area contributed by atoms with Crippen LogP contribution in [0.5, 0.6) is 5.75 Å². The van der Waals surface area contributed by atoms with Crippen LogP contribution >= 0.6 is 0 Å². The molecule has 6 amide bonds. The highest BCUT2D eigenvalue weighted by atomic mass is 16.7. The summed E-state index contributed by atoms with van der Waals surface area (Å²) >= 11 is 0. The lowest BCUT2D eigenvalue weighted by Gasteiger charge is -2.28. The largest absolute Gasteiger partial charge is 0.508 e. The van der Waals surface area contributed by atoms with Crippen LogP contribution in [0.3, 0.4) is 0 Å². The number of aromatic hydroxyl groups is 1. The minimum atomic E-state index is -1.46. The number of phenols is 1. The maximum Gasteiger partial charge on any atom is 0.410 e. The van der Waals surface area contributed by atoms with Crippen LogP contribution in [-0.2, 0) is 51.3 Å². The van der Waals surface area contributed by atoms with Crippen LogP contribution < -0.4 is 37.7 Å². The Morgan fingerprint density at radius 1 is 1.00 bits per heavy atom. The average Bonchev–Trinajstić information content (AvgIpc) is 3.21. The number of ether oxygens (including phenoxy) is 2. The summed E-state index contributed by atoms with van der Waals surface area (Å²) < 4.78 is 10.8. The van der Waals surface area contributed by atoms with Gasteiger partial charge in [0.2, 0.25) is 29.5 Å². The van der Waals surface area contributed by atoms with Crippen molar-refractivity contribution in [2.75, 3.05) is 26.7 Å². The Labute approximate surface area is 364 Å². The first-order chi connectivity index (χ1) is 29.8. The van der Waals surface area contributed by atoms with E-state index in [0.29, 0.717) is 24.0 Å².